The average molecular weight is 2090 g/mol. The fourth-order valence-corrected chi connectivity index (χ4v) is 10.1. The van der Waals surface area contributed by atoms with Gasteiger partial charge in [-0.1, -0.05) is 278 Å². The largest absolute Gasteiger partial charge is 0.480 e. The van der Waals surface area contributed by atoms with Gasteiger partial charge in [-0.2, -0.15) is 92.2 Å². The Morgan fingerprint density at radius 2 is 0.380 bits per heavy atom. The van der Waals surface area contributed by atoms with Crippen LogP contribution >= 0.6 is 0 Å². The van der Waals surface area contributed by atoms with Crippen LogP contribution in [0.2, 0.25) is 0 Å². The Bertz CT molecular complexity index is 4140. The molecule has 6 unspecified atom stereocenters. The Kier molecular flexibility index (Phi) is 59.7. The highest BCUT2D eigenvalue weighted by Gasteiger charge is 2.55. The van der Waals surface area contributed by atoms with E-state index in [0.717, 1.165) is 102 Å². The lowest BCUT2D eigenvalue weighted by molar-refractivity contribution is -0.216. The molecule has 0 radical (unpaired) electrons. The number of benzene rings is 5. The van der Waals surface area contributed by atoms with Gasteiger partial charge in [-0.3, -0.25) is 14.4 Å². The standard InChI is InChI=1S/4C15H18F3NO4.C14H18F3NO2.2C7H12F3NO2.4CH4/c4*1-14(2,15(16,17)18)8-11(12(20)21)19-13(22)23-9-10-6-4-3-5-7-10;1-13(2,14(15,16)17)8-11(12(19)20)18-9-10-6-4-3-5-7-10;2*1-6(2,7(8,9)10)3-4(11)5(12)13;;;;/h4*3-7,11H,8-9H2,1-2H3,(H,19,22)(H,20,21);3-7,11,18H,8-9H2,1-2H3,(H,19,20);2*4H,3,11H2,1-2H3,(H,12,13);4*1H4/t;;;;;4-;;;;;/m.....0...../s1. The second kappa shape index (κ2) is 60.3. The van der Waals surface area contributed by atoms with Gasteiger partial charge in [0, 0.05) is 6.54 Å². The molecular formula is C92H130F21N7O22. The first-order valence-electron chi connectivity index (χ1n) is 40.6. The molecule has 5 aromatic rings. The molecule has 5 aromatic carbocycles. The fraction of sp³-hybridized carbons (Fsp3) is 0.554. The predicted molar refractivity (Wildman–Crippen MR) is 479 cm³/mol. The summed E-state index contributed by atoms with van der Waals surface area (Å²) in [6, 6.07) is 32.3. The van der Waals surface area contributed by atoms with Crippen molar-refractivity contribution in [1.82, 2.24) is 26.6 Å². The van der Waals surface area contributed by atoms with Crippen molar-refractivity contribution in [1.29, 1.82) is 0 Å². The number of carbonyl (C=O) groups is 11. The Hall–Kier alpha value is -12.1. The van der Waals surface area contributed by atoms with Crippen LogP contribution in [0.25, 0.3) is 0 Å². The van der Waals surface area contributed by atoms with E-state index in [1.807, 2.05) is 27.3 Å². The van der Waals surface area contributed by atoms with Gasteiger partial charge in [0.2, 0.25) is 0 Å². The number of carbonyl (C=O) groups excluding carboxylic acids is 4. The lowest BCUT2D eigenvalue weighted by Crippen LogP contribution is -2.47. The van der Waals surface area contributed by atoms with Crippen LogP contribution in [0.3, 0.4) is 0 Å². The maximum Gasteiger partial charge on any atom is 0.408 e. The van der Waals surface area contributed by atoms with E-state index in [4.69, 9.17) is 66.2 Å². The molecule has 0 fully saturated rings. The molecule has 142 heavy (non-hydrogen) atoms. The van der Waals surface area contributed by atoms with E-state index >= 15 is 0 Å². The zero-order chi connectivity index (χ0) is 108. The molecule has 0 aromatic heterocycles. The van der Waals surface area contributed by atoms with Crippen molar-refractivity contribution < 1.29 is 200 Å². The number of aliphatic carboxylic acids is 7. The predicted octanol–water partition coefficient (Wildman–Crippen LogP) is 21.9. The highest BCUT2D eigenvalue weighted by atomic mass is 19.4. The Labute approximate surface area is 808 Å². The maximum atomic E-state index is 12.8. The number of hydrogen-bond acceptors (Lipinski definition) is 18. The summed E-state index contributed by atoms with van der Waals surface area (Å²) in [4.78, 5) is 122. The number of amides is 4. The highest BCUT2D eigenvalue weighted by Crippen LogP contribution is 2.47. The molecule has 50 heteroatoms. The molecule has 4 amide bonds. The molecule has 7 atom stereocenters. The number of carboxylic acid groups (broad SMARTS) is 7. The lowest BCUT2D eigenvalue weighted by atomic mass is 9.85. The number of rotatable bonds is 36. The summed E-state index contributed by atoms with van der Waals surface area (Å²) < 4.78 is 285. The van der Waals surface area contributed by atoms with E-state index < -0.39 is 235 Å². The second-order valence-corrected chi connectivity index (χ2v) is 35.1. The molecule has 0 spiro atoms. The third-order valence-corrected chi connectivity index (χ3v) is 19.9. The zero-order valence-electron chi connectivity index (χ0n) is 76.8. The molecule has 0 aliphatic rings. The van der Waals surface area contributed by atoms with E-state index in [9.17, 15) is 145 Å². The van der Waals surface area contributed by atoms with Crippen LogP contribution in [0.4, 0.5) is 111 Å². The van der Waals surface area contributed by atoms with Crippen molar-refractivity contribution in [3.05, 3.63) is 179 Å². The van der Waals surface area contributed by atoms with Gasteiger partial charge in [-0.15, -0.1) is 0 Å². The van der Waals surface area contributed by atoms with E-state index in [0.29, 0.717) is 22.3 Å². The molecule has 29 nitrogen and oxygen atoms in total. The molecule has 0 bridgehead atoms. The van der Waals surface area contributed by atoms with Crippen LogP contribution in [0.1, 0.15) is 199 Å². The van der Waals surface area contributed by atoms with Gasteiger partial charge in [0.25, 0.3) is 0 Å². The van der Waals surface area contributed by atoms with Crippen LogP contribution in [-0.2, 0) is 85.5 Å². The molecule has 0 saturated heterocycles. The van der Waals surface area contributed by atoms with E-state index in [1.54, 1.807) is 146 Å². The van der Waals surface area contributed by atoms with Gasteiger partial charge in [0.15, 0.2) is 0 Å². The van der Waals surface area contributed by atoms with Crippen LogP contribution in [0.15, 0.2) is 152 Å². The van der Waals surface area contributed by atoms with Crippen molar-refractivity contribution >= 4 is 66.2 Å². The number of alkyl carbamates (subject to hydrolysis) is 4. The molecule has 0 saturated carbocycles. The van der Waals surface area contributed by atoms with Gasteiger partial charge in [0.05, 0.1) is 37.9 Å². The summed E-state index contributed by atoms with van der Waals surface area (Å²) in [7, 11) is 0. The maximum absolute atomic E-state index is 12.8. The summed E-state index contributed by atoms with van der Waals surface area (Å²) >= 11 is 0. The van der Waals surface area contributed by atoms with Gasteiger partial charge in [0.1, 0.15) is 68.7 Å². The first-order valence-corrected chi connectivity index (χ1v) is 40.6. The minimum absolute atomic E-state index is 0. The smallest absolute Gasteiger partial charge is 0.408 e. The third kappa shape index (κ3) is 54.2. The molecule has 0 heterocycles. The Morgan fingerprint density at radius 1 is 0.239 bits per heavy atom. The monoisotopic (exact) mass is 2080 g/mol. The topological polar surface area (TPSA) is 478 Å². The normalized spacial score (nSPS) is 13.4. The van der Waals surface area contributed by atoms with Crippen LogP contribution in [0, 0.1) is 37.9 Å². The summed E-state index contributed by atoms with van der Waals surface area (Å²) in [6.45, 7) is 12.5. The summed E-state index contributed by atoms with van der Waals surface area (Å²) in [5.74, 6) is -10.3. The summed E-state index contributed by atoms with van der Waals surface area (Å²) in [6.07, 6.45) is -40.9. The van der Waals surface area contributed by atoms with Gasteiger partial charge in [-0.25, -0.2) is 38.4 Å². The first-order chi connectivity index (χ1) is 62.4. The van der Waals surface area contributed by atoms with Crippen molar-refractivity contribution in [2.75, 3.05) is 0 Å². The average Bonchev–Trinajstić information content (AvgIpc) is 0.820. The van der Waals surface area contributed by atoms with Crippen LogP contribution in [-0.4, -0.2) is 187 Å². The van der Waals surface area contributed by atoms with E-state index in [-0.39, 0.29) is 62.7 Å². The number of hydrogen-bond donors (Lipinski definition) is 14. The number of nitrogens with two attached hydrogens (primary N) is 2. The molecule has 812 valence electrons. The molecule has 16 N–H and O–H groups in total. The molecular weight excluding hydrogens is 1950 g/mol. The fourth-order valence-electron chi connectivity index (χ4n) is 10.1. The number of carboxylic acids is 7. The Morgan fingerprint density at radius 3 is 0.521 bits per heavy atom. The highest BCUT2D eigenvalue weighted by molar-refractivity contribution is 5.82. The molecule has 0 aliphatic carbocycles. The van der Waals surface area contributed by atoms with Crippen molar-refractivity contribution in [2.24, 2.45) is 49.4 Å². The van der Waals surface area contributed by atoms with Gasteiger partial charge in [-0.05, 0) is 72.8 Å². The minimum atomic E-state index is -4.59. The number of ether oxygens (including phenoxy) is 4. The number of nitrogens with one attached hydrogen (secondary N) is 5. The van der Waals surface area contributed by atoms with Crippen LogP contribution in [0.5, 0.6) is 0 Å². The molecule has 0 aliphatic heterocycles. The first kappa shape index (κ1) is 141. The lowest BCUT2D eigenvalue weighted by Gasteiger charge is -2.30. The van der Waals surface area contributed by atoms with Gasteiger partial charge >= 0.3 is 109 Å². The Balaban J connectivity index is -0.000000382. The number of alkyl halides is 21. The second-order valence-electron chi connectivity index (χ2n) is 35.1. The SMILES string of the molecule is C.C.C.C.CC(C)(CC(N)C(=O)O)C(F)(F)F.CC(C)(CC(NC(=O)OCc1ccccc1)C(=O)O)C(F)(F)F.CC(C)(CC(NC(=O)OCc1ccccc1)C(=O)O)C(F)(F)F.CC(C)(CC(NC(=O)OCc1ccccc1)C(=O)O)C(F)(F)F.CC(C)(CC(NC(=O)OCc1ccccc1)C(=O)O)C(F)(F)F.CC(C)(CC(NCc1ccccc1)C(=O)O)C(F)(F)F.CC(C)(C[C@H](N)C(=O)O)C(F)(F)F. The van der Waals surface area contributed by atoms with E-state index in [2.05, 4.69) is 5.32 Å². The summed E-state index contributed by atoms with van der Waals surface area (Å²) in [5, 5.41) is 72.2. The van der Waals surface area contributed by atoms with Crippen molar-refractivity contribution in [3.8, 4) is 0 Å². The van der Waals surface area contributed by atoms with Crippen LogP contribution < -0.4 is 38.1 Å². The molecule has 5 rings (SSSR count). The zero-order valence-corrected chi connectivity index (χ0v) is 76.8. The van der Waals surface area contributed by atoms with Gasteiger partial charge < -0.3 is 92.7 Å². The van der Waals surface area contributed by atoms with E-state index in [1.165, 1.54) is 0 Å². The minimum Gasteiger partial charge on any atom is -0.480 e. The summed E-state index contributed by atoms with van der Waals surface area (Å²) in [5.41, 5.74) is -1.72. The third-order valence-electron chi connectivity index (χ3n) is 19.9. The van der Waals surface area contributed by atoms with Crippen molar-refractivity contribution in [3.63, 3.8) is 0 Å². The number of halogens is 21. The quantitative estimate of drug-likeness (QED) is 0.0131. The van der Waals surface area contributed by atoms with Crippen molar-refractivity contribution in [2.45, 2.75) is 290 Å².